The number of hydrogen-bond donors (Lipinski definition) is 1. The zero-order valence-corrected chi connectivity index (χ0v) is 17.6. The summed E-state index contributed by atoms with van der Waals surface area (Å²) in [5.41, 5.74) is 2.98. The van der Waals surface area contributed by atoms with Gasteiger partial charge >= 0.3 is 0 Å². The SMILES string of the molecule is COc1cc(-n2cccc2)c(Cl)cc1C(=O)Nc1ccccc1CN1CCOCC1. The van der Waals surface area contributed by atoms with Gasteiger partial charge in [0.15, 0.2) is 0 Å². The molecule has 0 radical (unpaired) electrons. The molecule has 0 atom stereocenters. The maximum absolute atomic E-state index is 13.1. The van der Waals surface area contributed by atoms with Crippen LogP contribution in [0.15, 0.2) is 60.9 Å². The number of anilines is 1. The number of nitrogens with one attached hydrogen (secondary N) is 1. The average Bonchev–Trinajstić information content (AvgIpc) is 3.30. The Kier molecular flexibility index (Phi) is 6.38. The molecule has 1 amide bonds. The van der Waals surface area contributed by atoms with Gasteiger partial charge in [-0.2, -0.15) is 0 Å². The summed E-state index contributed by atoms with van der Waals surface area (Å²) in [4.78, 5) is 15.4. The quantitative estimate of drug-likeness (QED) is 0.642. The number of morpholine rings is 1. The van der Waals surface area contributed by atoms with Gasteiger partial charge in [0.25, 0.3) is 5.91 Å². The van der Waals surface area contributed by atoms with Crippen molar-refractivity contribution in [3.05, 3.63) is 77.1 Å². The van der Waals surface area contributed by atoms with E-state index in [4.69, 9.17) is 21.1 Å². The molecule has 1 aliphatic heterocycles. The van der Waals surface area contributed by atoms with Gasteiger partial charge in [-0.3, -0.25) is 9.69 Å². The molecule has 1 aliphatic rings. The van der Waals surface area contributed by atoms with E-state index in [1.807, 2.05) is 53.4 Å². The standard InChI is InChI=1S/C23H24ClN3O3/c1-29-22-15-21(27-8-4-5-9-27)19(24)14-18(22)23(28)25-20-7-3-2-6-17(20)16-26-10-12-30-13-11-26/h2-9,14-15H,10-13,16H2,1H3,(H,25,28). The zero-order valence-electron chi connectivity index (χ0n) is 16.8. The zero-order chi connectivity index (χ0) is 20.9. The van der Waals surface area contributed by atoms with Crippen molar-refractivity contribution in [2.75, 3.05) is 38.7 Å². The predicted molar refractivity (Wildman–Crippen MR) is 118 cm³/mol. The Hall–Kier alpha value is -2.80. The number of hydrogen-bond acceptors (Lipinski definition) is 4. The molecule has 2 aromatic carbocycles. The number of para-hydroxylation sites is 1. The van der Waals surface area contributed by atoms with Gasteiger partial charge in [-0.15, -0.1) is 0 Å². The van der Waals surface area contributed by atoms with Crippen LogP contribution >= 0.6 is 11.6 Å². The van der Waals surface area contributed by atoms with Gasteiger partial charge in [0, 0.05) is 43.8 Å². The second-order valence-electron chi connectivity index (χ2n) is 7.09. The minimum Gasteiger partial charge on any atom is -0.496 e. The van der Waals surface area contributed by atoms with Crippen LogP contribution in [-0.4, -0.2) is 48.8 Å². The van der Waals surface area contributed by atoms with Crippen LogP contribution in [0.4, 0.5) is 5.69 Å². The smallest absolute Gasteiger partial charge is 0.259 e. The Balaban J connectivity index is 1.58. The fraction of sp³-hybridized carbons (Fsp3) is 0.261. The number of nitrogens with zero attached hydrogens (tertiary/aromatic N) is 2. The van der Waals surface area contributed by atoms with Crippen molar-refractivity contribution in [1.82, 2.24) is 9.47 Å². The van der Waals surface area contributed by atoms with E-state index in [1.165, 1.54) is 0 Å². The Morgan fingerprint density at radius 2 is 1.87 bits per heavy atom. The molecule has 4 rings (SSSR count). The molecule has 2 heterocycles. The highest BCUT2D eigenvalue weighted by Crippen LogP contribution is 2.31. The summed E-state index contributed by atoms with van der Waals surface area (Å²) < 4.78 is 12.8. The van der Waals surface area contributed by atoms with Gasteiger partial charge in [0.1, 0.15) is 5.75 Å². The number of carbonyl (C=O) groups is 1. The number of amides is 1. The van der Waals surface area contributed by atoms with Crippen molar-refractivity contribution in [3.63, 3.8) is 0 Å². The summed E-state index contributed by atoms with van der Waals surface area (Å²) >= 11 is 6.48. The lowest BCUT2D eigenvalue weighted by Crippen LogP contribution is -2.35. The van der Waals surface area contributed by atoms with Crippen LogP contribution in [0.5, 0.6) is 5.75 Å². The van der Waals surface area contributed by atoms with E-state index >= 15 is 0 Å². The summed E-state index contributed by atoms with van der Waals surface area (Å²) in [6.45, 7) is 3.99. The van der Waals surface area contributed by atoms with Crippen LogP contribution in [0.2, 0.25) is 5.02 Å². The summed E-state index contributed by atoms with van der Waals surface area (Å²) in [7, 11) is 1.55. The van der Waals surface area contributed by atoms with Crippen LogP contribution < -0.4 is 10.1 Å². The summed E-state index contributed by atoms with van der Waals surface area (Å²) in [6.07, 6.45) is 3.78. The Labute approximate surface area is 181 Å². The van der Waals surface area contributed by atoms with Crippen LogP contribution in [0.3, 0.4) is 0 Å². The van der Waals surface area contributed by atoms with Gasteiger partial charge in [-0.1, -0.05) is 29.8 Å². The van der Waals surface area contributed by atoms with E-state index < -0.39 is 0 Å². The highest BCUT2D eigenvalue weighted by Gasteiger charge is 2.19. The molecule has 6 nitrogen and oxygen atoms in total. The summed E-state index contributed by atoms with van der Waals surface area (Å²) in [5.74, 6) is 0.202. The molecule has 3 aromatic rings. The minimum atomic E-state index is -0.262. The lowest BCUT2D eigenvalue weighted by molar-refractivity contribution is 0.0342. The molecular formula is C23H24ClN3O3. The van der Waals surface area contributed by atoms with Crippen LogP contribution in [0, 0.1) is 0 Å². The first-order valence-electron chi connectivity index (χ1n) is 9.86. The summed E-state index contributed by atoms with van der Waals surface area (Å²) in [6, 6.07) is 15.1. The molecule has 1 N–H and O–H groups in total. The molecule has 0 spiro atoms. The second-order valence-corrected chi connectivity index (χ2v) is 7.50. The van der Waals surface area contributed by atoms with E-state index in [1.54, 1.807) is 19.2 Å². The molecule has 1 fully saturated rings. The molecule has 0 aliphatic carbocycles. The molecule has 0 saturated carbocycles. The lowest BCUT2D eigenvalue weighted by atomic mass is 10.1. The van der Waals surface area contributed by atoms with E-state index in [9.17, 15) is 4.79 Å². The highest BCUT2D eigenvalue weighted by atomic mass is 35.5. The topological polar surface area (TPSA) is 55.7 Å². The first-order chi connectivity index (χ1) is 14.7. The molecular weight excluding hydrogens is 402 g/mol. The first-order valence-corrected chi connectivity index (χ1v) is 10.2. The predicted octanol–water partition coefficient (Wildman–Crippen LogP) is 4.22. The van der Waals surface area contributed by atoms with Gasteiger partial charge in [0.05, 0.1) is 36.6 Å². The van der Waals surface area contributed by atoms with Gasteiger partial charge < -0.3 is 19.4 Å². The van der Waals surface area contributed by atoms with Crippen molar-refractivity contribution in [3.8, 4) is 11.4 Å². The number of benzene rings is 2. The second kappa shape index (κ2) is 9.34. The maximum atomic E-state index is 13.1. The molecule has 30 heavy (non-hydrogen) atoms. The Morgan fingerprint density at radius 1 is 1.13 bits per heavy atom. The highest BCUT2D eigenvalue weighted by molar-refractivity contribution is 6.33. The normalized spacial score (nSPS) is 14.5. The minimum absolute atomic E-state index is 0.262. The van der Waals surface area contributed by atoms with E-state index in [0.717, 1.165) is 49.8 Å². The molecule has 7 heteroatoms. The summed E-state index contributed by atoms with van der Waals surface area (Å²) in [5, 5.41) is 3.50. The van der Waals surface area contributed by atoms with Gasteiger partial charge in [-0.05, 0) is 29.8 Å². The van der Waals surface area contributed by atoms with Crippen molar-refractivity contribution < 1.29 is 14.3 Å². The van der Waals surface area contributed by atoms with E-state index in [0.29, 0.717) is 16.3 Å². The Bertz CT molecular complexity index is 1010. The average molecular weight is 426 g/mol. The van der Waals surface area contributed by atoms with Gasteiger partial charge in [-0.25, -0.2) is 0 Å². The molecule has 1 saturated heterocycles. The van der Waals surface area contributed by atoms with Crippen LogP contribution in [-0.2, 0) is 11.3 Å². The van der Waals surface area contributed by atoms with Crippen molar-refractivity contribution >= 4 is 23.2 Å². The van der Waals surface area contributed by atoms with Gasteiger partial charge in [0.2, 0.25) is 0 Å². The third-order valence-corrected chi connectivity index (χ3v) is 5.46. The maximum Gasteiger partial charge on any atom is 0.259 e. The lowest BCUT2D eigenvalue weighted by Gasteiger charge is -2.27. The molecule has 0 bridgehead atoms. The van der Waals surface area contributed by atoms with E-state index in [2.05, 4.69) is 10.2 Å². The first kappa shape index (κ1) is 20.5. The third kappa shape index (κ3) is 4.51. The fourth-order valence-electron chi connectivity index (χ4n) is 3.55. The number of ether oxygens (including phenoxy) is 2. The number of aromatic nitrogens is 1. The van der Waals surface area contributed by atoms with E-state index in [-0.39, 0.29) is 5.91 Å². The molecule has 1 aromatic heterocycles. The van der Waals surface area contributed by atoms with Crippen molar-refractivity contribution in [2.24, 2.45) is 0 Å². The Morgan fingerprint density at radius 3 is 2.60 bits per heavy atom. The van der Waals surface area contributed by atoms with Crippen LogP contribution in [0.25, 0.3) is 5.69 Å². The molecule has 0 unspecified atom stereocenters. The monoisotopic (exact) mass is 425 g/mol. The number of methoxy groups -OCH3 is 1. The number of halogens is 1. The van der Waals surface area contributed by atoms with Crippen molar-refractivity contribution in [2.45, 2.75) is 6.54 Å². The van der Waals surface area contributed by atoms with Crippen molar-refractivity contribution in [1.29, 1.82) is 0 Å². The largest absolute Gasteiger partial charge is 0.496 e. The number of carbonyl (C=O) groups excluding carboxylic acids is 1. The third-order valence-electron chi connectivity index (χ3n) is 5.16. The number of rotatable bonds is 6. The fourth-order valence-corrected chi connectivity index (χ4v) is 3.81. The molecule has 156 valence electrons. The van der Waals surface area contributed by atoms with Crippen LogP contribution in [0.1, 0.15) is 15.9 Å².